The second-order valence-electron chi connectivity index (χ2n) is 9.39. The maximum atomic E-state index is 14.1. The Morgan fingerprint density at radius 1 is 1.11 bits per heavy atom. The molecular formula is C26H27F2N7O3. The molecule has 2 fully saturated rings. The minimum absolute atomic E-state index is 0.0438. The average Bonchev–Trinajstić information content (AvgIpc) is 3.58. The van der Waals surface area contributed by atoms with Gasteiger partial charge >= 0.3 is 0 Å². The number of carbonyl (C=O) groups excluding carboxylic acids is 1. The molecule has 0 saturated carbocycles. The maximum absolute atomic E-state index is 14.1. The van der Waals surface area contributed by atoms with Crippen LogP contribution < -0.4 is 9.64 Å². The molecule has 3 aliphatic heterocycles. The number of amides is 1. The number of rotatable bonds is 6. The van der Waals surface area contributed by atoms with Crippen molar-refractivity contribution in [1.82, 2.24) is 24.4 Å². The van der Waals surface area contributed by atoms with Gasteiger partial charge in [-0.05, 0) is 18.6 Å². The fraction of sp³-hybridized carbons (Fsp3) is 0.423. The van der Waals surface area contributed by atoms with Crippen molar-refractivity contribution in [3.8, 4) is 11.7 Å². The number of benzene rings is 1. The molecule has 1 unspecified atom stereocenters. The van der Waals surface area contributed by atoms with Crippen molar-refractivity contribution in [1.29, 1.82) is 0 Å². The number of morpholine rings is 1. The lowest BCUT2D eigenvalue weighted by Crippen LogP contribution is -2.37. The van der Waals surface area contributed by atoms with Gasteiger partial charge in [-0.15, -0.1) is 0 Å². The second-order valence-corrected chi connectivity index (χ2v) is 9.39. The highest BCUT2D eigenvalue weighted by atomic mass is 19.3. The molecule has 198 valence electrons. The number of ether oxygens (including phenoxy) is 2. The molecule has 3 aromatic rings. The number of hydrogen-bond acceptors (Lipinski definition) is 8. The number of para-hydroxylation sites is 2. The number of alkyl halides is 2. The first-order valence-electron chi connectivity index (χ1n) is 12.7. The first-order valence-corrected chi connectivity index (χ1v) is 12.7. The topological polar surface area (TPSA) is 98.0 Å². The van der Waals surface area contributed by atoms with E-state index in [1.165, 1.54) is 4.57 Å². The fourth-order valence-corrected chi connectivity index (χ4v) is 4.99. The predicted octanol–water partition coefficient (Wildman–Crippen LogP) is 3.17. The van der Waals surface area contributed by atoms with E-state index in [-0.39, 0.29) is 29.6 Å². The van der Waals surface area contributed by atoms with E-state index in [9.17, 15) is 13.6 Å². The number of carbonyl (C=O) groups is 1. The number of nitrogens with zero attached hydrogens (tertiary/aromatic N) is 7. The summed E-state index contributed by atoms with van der Waals surface area (Å²) in [6, 6.07) is 8.52. The molecule has 6 rings (SSSR count). The van der Waals surface area contributed by atoms with E-state index < -0.39 is 12.2 Å². The molecule has 0 aliphatic carbocycles. The van der Waals surface area contributed by atoms with Crippen molar-refractivity contribution in [2.24, 2.45) is 10.9 Å². The lowest BCUT2D eigenvalue weighted by atomic mass is 10.0. The van der Waals surface area contributed by atoms with Crippen LogP contribution in [0.2, 0.25) is 0 Å². The third kappa shape index (κ3) is 4.83. The van der Waals surface area contributed by atoms with Gasteiger partial charge in [0.2, 0.25) is 17.7 Å². The highest BCUT2D eigenvalue weighted by Crippen LogP contribution is 2.30. The molecule has 1 aromatic carbocycles. The van der Waals surface area contributed by atoms with E-state index in [0.29, 0.717) is 69.2 Å². The Labute approximate surface area is 217 Å². The van der Waals surface area contributed by atoms with Crippen LogP contribution in [0, 0.1) is 5.92 Å². The average molecular weight is 524 g/mol. The molecule has 0 bridgehead atoms. The SMILES string of the molecule is O=C(C1C=CN=CC1)N1CC[C@H](Oc2cc(-n3c(C(F)F)nc4ccccc43)nc(N3CCOCC3)n2)C1. The van der Waals surface area contributed by atoms with Crippen LogP contribution in [0.1, 0.15) is 25.1 Å². The van der Waals surface area contributed by atoms with Crippen LogP contribution >= 0.6 is 0 Å². The number of aliphatic imine (C=N–C) groups is 1. The Morgan fingerprint density at radius 3 is 2.74 bits per heavy atom. The van der Waals surface area contributed by atoms with E-state index in [4.69, 9.17) is 9.47 Å². The summed E-state index contributed by atoms with van der Waals surface area (Å²) in [4.78, 5) is 34.1. The first kappa shape index (κ1) is 24.4. The standard InChI is InChI=1S/C26H27F2N7O3/c27-23(28)24-30-19-3-1-2-4-20(19)35(24)21-15-22(32-26(31-21)33-11-13-37-14-12-33)38-18-7-10-34(16-18)25(36)17-5-8-29-9-6-17/h1-5,8-9,15,17-18,23H,6-7,10-14,16H2/t17?,18-/m0/s1. The van der Waals surface area contributed by atoms with Gasteiger partial charge in [0, 0.05) is 44.5 Å². The summed E-state index contributed by atoms with van der Waals surface area (Å²) < 4.78 is 41.2. The summed E-state index contributed by atoms with van der Waals surface area (Å²) >= 11 is 0. The molecule has 38 heavy (non-hydrogen) atoms. The molecule has 0 N–H and O–H groups in total. The van der Waals surface area contributed by atoms with Crippen molar-refractivity contribution in [2.75, 3.05) is 44.3 Å². The highest BCUT2D eigenvalue weighted by molar-refractivity contribution is 5.84. The zero-order valence-corrected chi connectivity index (χ0v) is 20.6. The van der Waals surface area contributed by atoms with Gasteiger partial charge < -0.3 is 19.3 Å². The van der Waals surface area contributed by atoms with Crippen molar-refractivity contribution in [3.63, 3.8) is 0 Å². The number of fused-ring (bicyclic) bond motifs is 1. The summed E-state index contributed by atoms with van der Waals surface area (Å²) in [5.41, 5.74) is 0.964. The number of anilines is 1. The van der Waals surface area contributed by atoms with Gasteiger partial charge in [-0.2, -0.15) is 9.97 Å². The molecule has 1 amide bonds. The molecule has 3 aliphatic rings. The quantitative estimate of drug-likeness (QED) is 0.490. The lowest BCUT2D eigenvalue weighted by Gasteiger charge is -2.27. The molecule has 2 saturated heterocycles. The summed E-state index contributed by atoms with van der Waals surface area (Å²) in [5, 5.41) is 0. The van der Waals surface area contributed by atoms with Crippen LogP contribution in [-0.2, 0) is 9.53 Å². The maximum Gasteiger partial charge on any atom is 0.296 e. The molecule has 0 spiro atoms. The Hall–Kier alpha value is -3.93. The van der Waals surface area contributed by atoms with Crippen molar-refractivity contribution in [3.05, 3.63) is 48.4 Å². The van der Waals surface area contributed by atoms with Gasteiger partial charge in [-0.25, -0.2) is 13.8 Å². The Morgan fingerprint density at radius 2 is 1.95 bits per heavy atom. The molecule has 5 heterocycles. The molecule has 2 atom stereocenters. The number of imidazole rings is 1. The highest BCUT2D eigenvalue weighted by Gasteiger charge is 2.32. The normalized spacial score (nSPS) is 21.6. The Bertz CT molecular complexity index is 1390. The summed E-state index contributed by atoms with van der Waals surface area (Å²) in [5.74, 6) is 0.313. The minimum Gasteiger partial charge on any atom is -0.472 e. The van der Waals surface area contributed by atoms with Gasteiger partial charge in [0.1, 0.15) is 11.9 Å². The molecule has 10 nitrogen and oxygen atoms in total. The monoisotopic (exact) mass is 523 g/mol. The zero-order valence-electron chi connectivity index (χ0n) is 20.6. The minimum atomic E-state index is -2.80. The van der Waals surface area contributed by atoms with Gasteiger partial charge in [-0.3, -0.25) is 14.4 Å². The van der Waals surface area contributed by atoms with Crippen LogP contribution in [-0.4, -0.2) is 82.0 Å². The largest absolute Gasteiger partial charge is 0.472 e. The van der Waals surface area contributed by atoms with E-state index in [0.717, 1.165) is 0 Å². The Balaban J connectivity index is 1.31. The van der Waals surface area contributed by atoms with Crippen molar-refractivity contribution >= 4 is 29.1 Å². The second kappa shape index (κ2) is 10.4. The molecule has 2 aromatic heterocycles. The summed E-state index contributed by atoms with van der Waals surface area (Å²) in [7, 11) is 0. The number of aromatic nitrogens is 4. The van der Waals surface area contributed by atoms with E-state index in [1.807, 2.05) is 11.0 Å². The third-order valence-electron chi connectivity index (χ3n) is 6.91. The number of hydrogen-bond donors (Lipinski definition) is 0. The van der Waals surface area contributed by atoms with Crippen molar-refractivity contribution in [2.45, 2.75) is 25.4 Å². The van der Waals surface area contributed by atoms with Crippen molar-refractivity contribution < 1.29 is 23.0 Å². The van der Waals surface area contributed by atoms with E-state index in [2.05, 4.69) is 19.9 Å². The fourth-order valence-electron chi connectivity index (χ4n) is 4.99. The summed E-state index contributed by atoms with van der Waals surface area (Å²) in [6.07, 6.45) is 3.35. The van der Waals surface area contributed by atoms with Crippen LogP contribution in [0.4, 0.5) is 14.7 Å². The van der Waals surface area contributed by atoms with Crippen LogP contribution in [0.15, 0.2) is 47.6 Å². The van der Waals surface area contributed by atoms with Crippen LogP contribution in [0.3, 0.4) is 0 Å². The molecular weight excluding hydrogens is 496 g/mol. The summed E-state index contributed by atoms with van der Waals surface area (Å²) in [6.45, 7) is 3.16. The number of likely N-dealkylation sites (tertiary alicyclic amines) is 1. The molecule has 12 heteroatoms. The van der Waals surface area contributed by atoms with E-state index >= 15 is 0 Å². The van der Waals surface area contributed by atoms with Crippen LogP contribution in [0.5, 0.6) is 5.88 Å². The smallest absolute Gasteiger partial charge is 0.296 e. The van der Waals surface area contributed by atoms with Crippen LogP contribution in [0.25, 0.3) is 16.9 Å². The van der Waals surface area contributed by atoms with Gasteiger partial charge in [0.05, 0.1) is 36.7 Å². The van der Waals surface area contributed by atoms with Gasteiger partial charge in [-0.1, -0.05) is 18.2 Å². The zero-order chi connectivity index (χ0) is 26.1. The number of halogens is 2. The lowest BCUT2D eigenvalue weighted by molar-refractivity contribution is -0.133. The third-order valence-corrected chi connectivity index (χ3v) is 6.91. The van der Waals surface area contributed by atoms with Gasteiger partial charge in [0.25, 0.3) is 6.43 Å². The first-order chi connectivity index (χ1) is 18.6. The van der Waals surface area contributed by atoms with E-state index in [1.54, 1.807) is 47.6 Å². The molecule has 0 radical (unpaired) electrons. The Kier molecular flexibility index (Phi) is 6.71. The van der Waals surface area contributed by atoms with Gasteiger partial charge in [0.15, 0.2) is 5.82 Å². The predicted molar refractivity (Wildman–Crippen MR) is 136 cm³/mol.